The zero-order valence-electron chi connectivity index (χ0n) is 10.7. The lowest BCUT2D eigenvalue weighted by Gasteiger charge is -2.05. The molecule has 7 heteroatoms. The van der Waals surface area contributed by atoms with Crippen LogP contribution in [0.3, 0.4) is 0 Å². The van der Waals surface area contributed by atoms with E-state index in [1.165, 1.54) is 0 Å². The number of aromatic nitrogens is 2. The summed E-state index contributed by atoms with van der Waals surface area (Å²) < 4.78 is 5.70. The second-order valence-corrected chi connectivity index (χ2v) is 5.94. The fourth-order valence-corrected chi connectivity index (χ4v) is 2.78. The highest BCUT2D eigenvalue weighted by Crippen LogP contribution is 2.22. The van der Waals surface area contributed by atoms with Crippen LogP contribution < -0.4 is 5.73 Å². The molecule has 0 saturated carbocycles. The number of carbonyl (C=O) groups excluding carboxylic acids is 1. The Morgan fingerprint density at radius 3 is 2.81 bits per heavy atom. The van der Waals surface area contributed by atoms with Gasteiger partial charge in [-0.3, -0.25) is 0 Å². The van der Waals surface area contributed by atoms with Crippen molar-refractivity contribution in [2.24, 2.45) is 0 Å². The molecule has 2 heterocycles. The lowest BCUT2D eigenvalue weighted by Crippen LogP contribution is -2.07. The van der Waals surface area contributed by atoms with Crippen LogP contribution in [0.25, 0.3) is 10.9 Å². The van der Waals surface area contributed by atoms with Crippen molar-refractivity contribution in [3.8, 4) is 0 Å². The summed E-state index contributed by atoms with van der Waals surface area (Å²) >= 11 is 6.94. The number of para-hydroxylation sites is 1. The normalized spacial score (nSPS) is 10.7. The Hall–Kier alpha value is -2.18. The summed E-state index contributed by atoms with van der Waals surface area (Å²) in [5.74, 6) is 0.273. The molecule has 0 saturated heterocycles. The number of esters is 1. The van der Waals surface area contributed by atoms with Crippen LogP contribution in [-0.2, 0) is 11.3 Å². The minimum absolute atomic E-state index is 0.0383. The molecule has 3 aromatic rings. The van der Waals surface area contributed by atoms with E-state index in [1.807, 2.05) is 24.3 Å². The molecule has 0 spiro atoms. The van der Waals surface area contributed by atoms with E-state index in [0.29, 0.717) is 20.9 Å². The number of ether oxygens (including phenoxy) is 1. The number of nitrogens with two attached hydrogens (primary N) is 1. The van der Waals surface area contributed by atoms with E-state index in [0.717, 1.165) is 22.2 Å². The number of fused-ring (bicyclic) bond motifs is 1. The number of halogens is 1. The van der Waals surface area contributed by atoms with Crippen LogP contribution in [0.5, 0.6) is 0 Å². The summed E-state index contributed by atoms with van der Waals surface area (Å²) in [7, 11) is 0. The van der Waals surface area contributed by atoms with E-state index in [1.54, 1.807) is 12.1 Å². The van der Waals surface area contributed by atoms with Crippen molar-refractivity contribution < 1.29 is 9.53 Å². The van der Waals surface area contributed by atoms with Gasteiger partial charge in [0.05, 0.1) is 9.85 Å². The molecule has 0 amide bonds. The highest BCUT2D eigenvalue weighted by molar-refractivity contribution is 7.17. The van der Waals surface area contributed by atoms with Gasteiger partial charge in [-0.2, -0.15) is 0 Å². The number of hydrogen-bond donors (Lipinski definition) is 1. The van der Waals surface area contributed by atoms with Gasteiger partial charge in [0.2, 0.25) is 0 Å². The molecule has 0 bridgehead atoms. The van der Waals surface area contributed by atoms with Gasteiger partial charge in [-0.25, -0.2) is 14.8 Å². The molecule has 3 rings (SSSR count). The predicted molar refractivity (Wildman–Crippen MR) is 82.4 cm³/mol. The number of benzene rings is 1. The number of hydrogen-bond acceptors (Lipinski definition) is 6. The fourth-order valence-electron chi connectivity index (χ4n) is 1.84. The maximum atomic E-state index is 11.8. The van der Waals surface area contributed by atoms with Crippen molar-refractivity contribution in [2.45, 2.75) is 6.61 Å². The van der Waals surface area contributed by atoms with Crippen molar-refractivity contribution in [1.82, 2.24) is 9.97 Å². The molecule has 0 fully saturated rings. The van der Waals surface area contributed by atoms with Crippen molar-refractivity contribution in [3.05, 3.63) is 51.4 Å². The van der Waals surface area contributed by atoms with Gasteiger partial charge in [0.25, 0.3) is 0 Å². The summed E-state index contributed by atoms with van der Waals surface area (Å²) in [6, 6.07) is 10.7. The molecule has 0 aliphatic heterocycles. The fraction of sp³-hybridized carbons (Fsp3) is 0.0714. The smallest absolute Gasteiger partial charge is 0.348 e. The first-order valence-corrected chi connectivity index (χ1v) is 7.26. The van der Waals surface area contributed by atoms with Crippen molar-refractivity contribution in [1.29, 1.82) is 0 Å². The highest BCUT2D eigenvalue weighted by Gasteiger charge is 2.12. The maximum Gasteiger partial charge on any atom is 0.348 e. The number of carbonyl (C=O) groups is 1. The average molecular weight is 320 g/mol. The van der Waals surface area contributed by atoms with Crippen LogP contribution in [0, 0.1) is 0 Å². The third-order valence-corrected chi connectivity index (χ3v) is 4.00. The SMILES string of the molecule is Nc1nc(COC(=O)c2ccc(Cl)s2)nc2ccccc12. The lowest BCUT2D eigenvalue weighted by atomic mass is 10.2. The van der Waals surface area contributed by atoms with Crippen LogP contribution in [0.2, 0.25) is 4.34 Å². The van der Waals surface area contributed by atoms with Gasteiger partial charge in [0.1, 0.15) is 10.7 Å². The van der Waals surface area contributed by atoms with Crippen LogP contribution in [-0.4, -0.2) is 15.9 Å². The maximum absolute atomic E-state index is 11.8. The Morgan fingerprint density at radius 1 is 1.24 bits per heavy atom. The summed E-state index contributed by atoms with van der Waals surface area (Å²) in [5.41, 5.74) is 6.59. The summed E-state index contributed by atoms with van der Waals surface area (Å²) in [6.07, 6.45) is 0. The van der Waals surface area contributed by atoms with Gasteiger partial charge in [0.15, 0.2) is 12.4 Å². The van der Waals surface area contributed by atoms with Gasteiger partial charge < -0.3 is 10.5 Å². The standard InChI is InChI=1S/C14H10ClN3O2S/c15-11-6-5-10(21-11)14(19)20-7-12-17-9-4-2-1-3-8(9)13(16)18-12/h1-6H,7H2,(H2,16,17,18). The lowest BCUT2D eigenvalue weighted by molar-refractivity contribution is 0.0468. The molecule has 106 valence electrons. The molecular weight excluding hydrogens is 310 g/mol. The number of thiophene rings is 1. The average Bonchev–Trinajstić information content (AvgIpc) is 2.91. The molecule has 2 aromatic heterocycles. The Kier molecular flexibility index (Phi) is 3.72. The highest BCUT2D eigenvalue weighted by atomic mass is 35.5. The first-order valence-electron chi connectivity index (χ1n) is 6.07. The van der Waals surface area contributed by atoms with Crippen molar-refractivity contribution >= 4 is 45.6 Å². The van der Waals surface area contributed by atoms with E-state index < -0.39 is 5.97 Å². The minimum Gasteiger partial charge on any atom is -0.453 e. The first-order chi connectivity index (χ1) is 10.1. The quantitative estimate of drug-likeness (QED) is 0.749. The third kappa shape index (κ3) is 2.96. The number of rotatable bonds is 3. The summed E-state index contributed by atoms with van der Waals surface area (Å²) in [5, 5.41) is 0.776. The Labute approximate surface area is 129 Å². The molecule has 5 nitrogen and oxygen atoms in total. The molecule has 0 atom stereocenters. The van der Waals surface area contributed by atoms with Gasteiger partial charge in [-0.05, 0) is 24.3 Å². The monoisotopic (exact) mass is 319 g/mol. The van der Waals surface area contributed by atoms with E-state index in [9.17, 15) is 4.79 Å². The topological polar surface area (TPSA) is 78.1 Å². The van der Waals surface area contributed by atoms with E-state index >= 15 is 0 Å². The molecule has 0 unspecified atom stereocenters. The number of nitrogen functional groups attached to an aromatic ring is 1. The molecule has 0 aliphatic rings. The second-order valence-electron chi connectivity index (χ2n) is 4.22. The third-order valence-electron chi connectivity index (χ3n) is 2.79. The largest absolute Gasteiger partial charge is 0.453 e. The summed E-state index contributed by atoms with van der Waals surface area (Å²) in [6.45, 7) is -0.0383. The Balaban J connectivity index is 1.77. The molecule has 21 heavy (non-hydrogen) atoms. The number of anilines is 1. The molecule has 0 radical (unpaired) electrons. The van der Waals surface area contributed by atoms with Gasteiger partial charge in [-0.1, -0.05) is 23.7 Å². The minimum atomic E-state index is -0.456. The van der Waals surface area contributed by atoms with Crippen LogP contribution in [0.15, 0.2) is 36.4 Å². The predicted octanol–water partition coefficient (Wildman–Crippen LogP) is 3.28. The van der Waals surface area contributed by atoms with Gasteiger partial charge in [0, 0.05) is 5.39 Å². The first kappa shape index (κ1) is 13.8. The molecule has 2 N–H and O–H groups in total. The van der Waals surface area contributed by atoms with Crippen molar-refractivity contribution in [2.75, 3.05) is 5.73 Å². The summed E-state index contributed by atoms with van der Waals surface area (Å²) in [4.78, 5) is 20.7. The Morgan fingerprint density at radius 2 is 2.05 bits per heavy atom. The Bertz CT molecular complexity index is 819. The zero-order chi connectivity index (χ0) is 14.8. The molecule has 1 aromatic carbocycles. The molecular formula is C14H10ClN3O2S. The van der Waals surface area contributed by atoms with Crippen LogP contribution >= 0.6 is 22.9 Å². The van der Waals surface area contributed by atoms with Gasteiger partial charge in [-0.15, -0.1) is 11.3 Å². The van der Waals surface area contributed by atoms with E-state index in [-0.39, 0.29) is 6.61 Å². The van der Waals surface area contributed by atoms with Crippen LogP contribution in [0.1, 0.15) is 15.5 Å². The molecule has 0 aliphatic carbocycles. The second kappa shape index (κ2) is 5.67. The zero-order valence-corrected chi connectivity index (χ0v) is 12.3. The van der Waals surface area contributed by atoms with E-state index in [4.69, 9.17) is 22.1 Å². The van der Waals surface area contributed by atoms with E-state index in [2.05, 4.69) is 9.97 Å². The van der Waals surface area contributed by atoms with Crippen molar-refractivity contribution in [3.63, 3.8) is 0 Å². The van der Waals surface area contributed by atoms with Gasteiger partial charge >= 0.3 is 5.97 Å². The van der Waals surface area contributed by atoms with Crippen LogP contribution in [0.4, 0.5) is 5.82 Å². The number of nitrogens with zero attached hydrogens (tertiary/aromatic N) is 2.